The van der Waals surface area contributed by atoms with Gasteiger partial charge in [-0.3, -0.25) is 14.3 Å². The minimum Gasteiger partial charge on any atom is -0.339 e. The highest BCUT2D eigenvalue weighted by atomic mass is 16.2. The molecule has 0 spiro atoms. The molecule has 29 heavy (non-hydrogen) atoms. The highest BCUT2D eigenvalue weighted by Crippen LogP contribution is 2.39. The summed E-state index contributed by atoms with van der Waals surface area (Å²) in [5.41, 5.74) is 5.41. The highest BCUT2D eigenvalue weighted by molar-refractivity contribution is 6.03. The Morgan fingerprint density at radius 1 is 1.07 bits per heavy atom. The number of amides is 2. The maximum Gasteiger partial charge on any atom is 0.251 e. The molecule has 1 aliphatic heterocycles. The first-order chi connectivity index (χ1) is 13.8. The molecule has 2 heterocycles. The molecule has 6 nitrogen and oxygen atoms in total. The lowest BCUT2D eigenvalue weighted by molar-refractivity contribution is -0.118. The van der Waals surface area contributed by atoms with Crippen molar-refractivity contribution in [1.29, 1.82) is 0 Å². The normalized spacial score (nSPS) is 18.1. The van der Waals surface area contributed by atoms with Crippen molar-refractivity contribution in [3.05, 3.63) is 82.0 Å². The Bertz CT molecular complexity index is 1100. The van der Waals surface area contributed by atoms with Crippen LogP contribution in [-0.4, -0.2) is 27.6 Å². The van der Waals surface area contributed by atoms with Crippen LogP contribution in [-0.2, 0) is 11.8 Å². The van der Waals surface area contributed by atoms with Crippen LogP contribution in [0.5, 0.6) is 0 Å². The molecular formula is C23H24N4O2. The van der Waals surface area contributed by atoms with Gasteiger partial charge >= 0.3 is 0 Å². The Labute approximate surface area is 169 Å². The van der Waals surface area contributed by atoms with E-state index in [1.807, 2.05) is 70.3 Å². The fraction of sp³-hybridized carbons (Fsp3) is 0.261. The molecule has 0 bridgehead atoms. The Morgan fingerprint density at radius 3 is 2.48 bits per heavy atom. The quantitative estimate of drug-likeness (QED) is 0.723. The van der Waals surface area contributed by atoms with Gasteiger partial charge in [0.25, 0.3) is 5.91 Å². The molecule has 2 amide bonds. The lowest BCUT2D eigenvalue weighted by Crippen LogP contribution is -2.50. The van der Waals surface area contributed by atoms with Crippen LogP contribution in [0.1, 0.15) is 44.2 Å². The number of hydrogen-bond donors (Lipinski definition) is 2. The van der Waals surface area contributed by atoms with Crippen LogP contribution in [0.25, 0.3) is 0 Å². The molecule has 3 aromatic rings. The van der Waals surface area contributed by atoms with Gasteiger partial charge in [0.2, 0.25) is 5.91 Å². The third-order valence-electron chi connectivity index (χ3n) is 5.44. The average molecular weight is 388 g/mol. The van der Waals surface area contributed by atoms with Crippen molar-refractivity contribution < 1.29 is 9.59 Å². The van der Waals surface area contributed by atoms with E-state index in [9.17, 15) is 9.59 Å². The van der Waals surface area contributed by atoms with Crippen molar-refractivity contribution >= 4 is 17.6 Å². The van der Waals surface area contributed by atoms with Gasteiger partial charge in [-0.1, -0.05) is 47.5 Å². The lowest BCUT2D eigenvalue weighted by Gasteiger charge is -2.32. The Morgan fingerprint density at radius 2 is 1.79 bits per heavy atom. The zero-order valence-corrected chi connectivity index (χ0v) is 17.0. The minimum absolute atomic E-state index is 0.243. The molecule has 148 valence electrons. The van der Waals surface area contributed by atoms with Gasteiger partial charge in [0.1, 0.15) is 11.9 Å². The number of carbonyl (C=O) groups excluding carboxylic acids is 2. The SMILES string of the molecule is Cc1ccc([C@@H]2c3c(C)nn(C)c3NC(=O)[C@H]2NC(=O)c2cccc(C)c2)cc1. The number of rotatable bonds is 3. The molecule has 6 heteroatoms. The number of fused-ring (bicyclic) bond motifs is 1. The van der Waals surface area contributed by atoms with Gasteiger partial charge in [-0.25, -0.2) is 0 Å². The van der Waals surface area contributed by atoms with Gasteiger partial charge in [-0.05, 0) is 38.5 Å². The molecule has 0 saturated carbocycles. The van der Waals surface area contributed by atoms with Crippen LogP contribution >= 0.6 is 0 Å². The van der Waals surface area contributed by atoms with E-state index in [-0.39, 0.29) is 17.7 Å². The van der Waals surface area contributed by atoms with Crippen molar-refractivity contribution in [3.63, 3.8) is 0 Å². The first kappa shape index (κ1) is 18.9. The molecule has 0 saturated heterocycles. The van der Waals surface area contributed by atoms with Crippen molar-refractivity contribution in [3.8, 4) is 0 Å². The van der Waals surface area contributed by atoms with Crippen molar-refractivity contribution in [1.82, 2.24) is 15.1 Å². The summed E-state index contributed by atoms with van der Waals surface area (Å²) in [6.45, 7) is 5.89. The van der Waals surface area contributed by atoms with Gasteiger partial charge in [-0.15, -0.1) is 0 Å². The highest BCUT2D eigenvalue weighted by Gasteiger charge is 2.41. The fourth-order valence-electron chi connectivity index (χ4n) is 4.00. The number of hydrogen-bond acceptors (Lipinski definition) is 3. The summed E-state index contributed by atoms with van der Waals surface area (Å²) in [4.78, 5) is 26.0. The molecule has 0 unspecified atom stereocenters. The summed E-state index contributed by atoms with van der Waals surface area (Å²) < 4.78 is 1.68. The monoisotopic (exact) mass is 388 g/mol. The third kappa shape index (κ3) is 3.42. The molecule has 2 aromatic carbocycles. The Kier molecular flexibility index (Phi) is 4.70. The van der Waals surface area contributed by atoms with Crippen LogP contribution < -0.4 is 10.6 Å². The van der Waals surface area contributed by atoms with E-state index >= 15 is 0 Å². The first-order valence-electron chi connectivity index (χ1n) is 9.63. The van der Waals surface area contributed by atoms with Gasteiger partial charge in [0.05, 0.1) is 5.69 Å². The largest absolute Gasteiger partial charge is 0.339 e. The molecule has 2 atom stereocenters. The molecule has 1 aromatic heterocycles. The van der Waals surface area contributed by atoms with Gasteiger partial charge in [0.15, 0.2) is 0 Å². The van der Waals surface area contributed by atoms with Crippen LogP contribution in [0.15, 0.2) is 48.5 Å². The van der Waals surface area contributed by atoms with Crippen LogP contribution in [0, 0.1) is 20.8 Å². The van der Waals surface area contributed by atoms with E-state index in [1.54, 1.807) is 10.7 Å². The van der Waals surface area contributed by atoms with E-state index in [0.717, 1.165) is 27.9 Å². The second kappa shape index (κ2) is 7.20. The van der Waals surface area contributed by atoms with Gasteiger partial charge < -0.3 is 10.6 Å². The second-order valence-corrected chi connectivity index (χ2v) is 7.67. The summed E-state index contributed by atoms with van der Waals surface area (Å²) in [6.07, 6.45) is 0. The predicted octanol–water partition coefficient (Wildman–Crippen LogP) is 3.23. The molecule has 1 aliphatic rings. The number of nitrogens with one attached hydrogen (secondary N) is 2. The van der Waals surface area contributed by atoms with E-state index < -0.39 is 6.04 Å². The average Bonchev–Trinajstić information content (AvgIpc) is 2.96. The molecular weight excluding hydrogens is 364 g/mol. The molecule has 2 N–H and O–H groups in total. The van der Waals surface area contributed by atoms with Crippen molar-refractivity contribution in [2.45, 2.75) is 32.7 Å². The maximum atomic E-state index is 13.0. The topological polar surface area (TPSA) is 76.0 Å². The summed E-state index contributed by atoms with van der Waals surface area (Å²) >= 11 is 0. The van der Waals surface area contributed by atoms with E-state index in [1.165, 1.54) is 0 Å². The Balaban J connectivity index is 1.78. The smallest absolute Gasteiger partial charge is 0.251 e. The lowest BCUT2D eigenvalue weighted by atomic mass is 9.81. The number of nitrogens with zero attached hydrogens (tertiary/aromatic N) is 2. The van der Waals surface area contributed by atoms with Gasteiger partial charge in [-0.2, -0.15) is 5.10 Å². The number of benzene rings is 2. The number of anilines is 1. The van der Waals surface area contributed by atoms with Crippen molar-refractivity contribution in [2.75, 3.05) is 5.32 Å². The number of aromatic nitrogens is 2. The predicted molar refractivity (Wildman–Crippen MR) is 112 cm³/mol. The molecule has 0 fully saturated rings. The summed E-state index contributed by atoms with van der Waals surface area (Å²) in [6, 6.07) is 14.7. The van der Waals surface area contributed by atoms with E-state index in [2.05, 4.69) is 15.7 Å². The summed E-state index contributed by atoms with van der Waals surface area (Å²) in [7, 11) is 1.81. The Hall–Kier alpha value is -3.41. The van der Waals surface area contributed by atoms with Crippen LogP contribution in [0.4, 0.5) is 5.82 Å². The van der Waals surface area contributed by atoms with Gasteiger partial charge in [0, 0.05) is 24.1 Å². The number of carbonyl (C=O) groups is 2. The molecule has 4 rings (SSSR count). The first-order valence-corrected chi connectivity index (χ1v) is 9.63. The van der Waals surface area contributed by atoms with Crippen LogP contribution in [0.2, 0.25) is 0 Å². The number of aryl methyl sites for hydroxylation is 4. The zero-order chi connectivity index (χ0) is 20.7. The van der Waals surface area contributed by atoms with Crippen LogP contribution in [0.3, 0.4) is 0 Å². The standard InChI is InChI=1S/C23H24N4O2/c1-13-8-10-16(11-9-13)19-18-15(3)26-27(4)21(18)25-23(29)20(19)24-22(28)17-7-5-6-14(2)12-17/h5-12,19-20H,1-4H3,(H,24,28)(H,25,29)/t19-,20+/m1/s1. The zero-order valence-electron chi connectivity index (χ0n) is 17.0. The van der Waals surface area contributed by atoms with E-state index in [4.69, 9.17) is 0 Å². The third-order valence-corrected chi connectivity index (χ3v) is 5.44. The fourth-order valence-corrected chi connectivity index (χ4v) is 4.00. The van der Waals surface area contributed by atoms with Crippen molar-refractivity contribution in [2.24, 2.45) is 7.05 Å². The minimum atomic E-state index is -0.735. The summed E-state index contributed by atoms with van der Waals surface area (Å²) in [5.74, 6) is -0.149. The van der Waals surface area contributed by atoms with E-state index in [0.29, 0.717) is 11.4 Å². The summed E-state index contributed by atoms with van der Waals surface area (Å²) in [5, 5.41) is 10.4. The molecule has 0 radical (unpaired) electrons. The second-order valence-electron chi connectivity index (χ2n) is 7.67. The maximum absolute atomic E-state index is 13.0. The molecule has 0 aliphatic carbocycles.